The summed E-state index contributed by atoms with van der Waals surface area (Å²) in [5.41, 5.74) is 0.411. The molecular weight excluding hydrogens is 324 g/mol. The van der Waals surface area contributed by atoms with E-state index in [4.69, 9.17) is 9.47 Å². The van der Waals surface area contributed by atoms with E-state index in [1.54, 1.807) is 29.2 Å². The van der Waals surface area contributed by atoms with Crippen molar-refractivity contribution in [1.82, 2.24) is 10.2 Å². The number of nitrogens with one attached hydrogen (secondary N) is 1. The van der Waals surface area contributed by atoms with Crippen molar-refractivity contribution in [2.24, 2.45) is 0 Å². The lowest BCUT2D eigenvalue weighted by Gasteiger charge is -2.19. The highest BCUT2D eigenvalue weighted by atomic mass is 16.5. The van der Waals surface area contributed by atoms with Crippen LogP contribution < -0.4 is 10.1 Å². The number of hydrogen-bond acceptors (Lipinski definition) is 5. The first-order valence-electron chi connectivity index (χ1n) is 8.46. The second kappa shape index (κ2) is 9.66. The summed E-state index contributed by atoms with van der Waals surface area (Å²) < 4.78 is 9.97. The zero-order valence-electron chi connectivity index (χ0n) is 14.5. The van der Waals surface area contributed by atoms with Gasteiger partial charge in [-0.15, -0.1) is 0 Å². The van der Waals surface area contributed by atoms with Gasteiger partial charge in [-0.2, -0.15) is 0 Å². The van der Waals surface area contributed by atoms with Gasteiger partial charge in [0.2, 0.25) is 0 Å². The van der Waals surface area contributed by atoms with Crippen LogP contribution in [0.25, 0.3) is 0 Å². The van der Waals surface area contributed by atoms with E-state index in [9.17, 15) is 14.4 Å². The zero-order valence-corrected chi connectivity index (χ0v) is 14.5. The monoisotopic (exact) mass is 348 g/mol. The number of ether oxygens (including phenoxy) is 2. The first-order valence-corrected chi connectivity index (χ1v) is 8.46. The van der Waals surface area contributed by atoms with Crippen LogP contribution in [0.3, 0.4) is 0 Å². The lowest BCUT2D eigenvalue weighted by atomic mass is 10.2. The van der Waals surface area contributed by atoms with Crippen LogP contribution in [-0.2, 0) is 14.3 Å². The molecule has 1 aliphatic heterocycles. The first-order chi connectivity index (χ1) is 12.1. The van der Waals surface area contributed by atoms with Crippen LogP contribution in [0.4, 0.5) is 0 Å². The second-order valence-electron chi connectivity index (χ2n) is 5.87. The normalized spacial score (nSPS) is 14.4. The fourth-order valence-corrected chi connectivity index (χ4v) is 2.60. The molecule has 1 heterocycles. The number of carbonyl (C=O) groups is 3. The Morgan fingerprint density at radius 2 is 1.68 bits per heavy atom. The van der Waals surface area contributed by atoms with Crippen LogP contribution in [-0.4, -0.2) is 56.0 Å². The topological polar surface area (TPSA) is 84.9 Å². The molecule has 0 radical (unpaired) electrons. The maximum absolute atomic E-state index is 12.0. The average Bonchev–Trinajstić information content (AvgIpc) is 2.93. The molecule has 2 rings (SSSR count). The number of carbonyl (C=O) groups excluding carboxylic acids is 3. The third kappa shape index (κ3) is 6.10. The van der Waals surface area contributed by atoms with Gasteiger partial charge in [-0.25, -0.2) is 0 Å². The smallest absolute Gasteiger partial charge is 0.325 e. The van der Waals surface area contributed by atoms with Crippen LogP contribution in [0.2, 0.25) is 0 Å². The molecule has 0 bridgehead atoms. The van der Waals surface area contributed by atoms with Gasteiger partial charge in [0.15, 0.2) is 6.61 Å². The molecule has 0 aromatic heterocycles. The number of rotatable bonds is 6. The highest BCUT2D eigenvalue weighted by molar-refractivity contribution is 5.96. The maximum atomic E-state index is 12.0. The molecule has 0 saturated carbocycles. The van der Waals surface area contributed by atoms with Crippen molar-refractivity contribution in [3.63, 3.8) is 0 Å². The van der Waals surface area contributed by atoms with Crippen molar-refractivity contribution in [2.75, 3.05) is 33.4 Å². The Balaban J connectivity index is 1.70. The number of nitrogens with zero attached hydrogens (tertiary/aromatic N) is 1. The highest BCUT2D eigenvalue weighted by Crippen LogP contribution is 2.11. The van der Waals surface area contributed by atoms with Crippen LogP contribution in [0.1, 0.15) is 36.0 Å². The van der Waals surface area contributed by atoms with Gasteiger partial charge in [-0.3, -0.25) is 14.4 Å². The Bertz CT molecular complexity index is 592. The SMILES string of the molecule is COc1ccc(C(=O)NCC(=O)OCC(=O)N2CCCCCC2)cc1. The van der Waals surface area contributed by atoms with E-state index in [0.717, 1.165) is 25.7 Å². The molecule has 1 aromatic rings. The number of hydrogen-bond donors (Lipinski definition) is 1. The summed E-state index contributed by atoms with van der Waals surface area (Å²) in [6.45, 7) is 0.866. The van der Waals surface area contributed by atoms with E-state index < -0.39 is 11.9 Å². The molecule has 7 nitrogen and oxygen atoms in total. The van der Waals surface area contributed by atoms with E-state index in [1.165, 1.54) is 7.11 Å². The van der Waals surface area contributed by atoms with Crippen molar-refractivity contribution in [1.29, 1.82) is 0 Å². The minimum atomic E-state index is -0.634. The fourth-order valence-electron chi connectivity index (χ4n) is 2.60. The summed E-state index contributed by atoms with van der Waals surface area (Å²) in [4.78, 5) is 37.4. The molecule has 1 aliphatic rings. The summed E-state index contributed by atoms with van der Waals surface area (Å²) in [6, 6.07) is 6.52. The number of likely N-dealkylation sites (tertiary alicyclic amines) is 1. The van der Waals surface area contributed by atoms with E-state index in [0.29, 0.717) is 24.4 Å². The molecule has 2 amide bonds. The van der Waals surface area contributed by atoms with E-state index in [1.807, 2.05) is 0 Å². The Hall–Kier alpha value is -2.57. The molecule has 0 atom stereocenters. The molecule has 0 spiro atoms. The molecule has 1 saturated heterocycles. The van der Waals surface area contributed by atoms with Gasteiger partial charge in [-0.05, 0) is 37.1 Å². The Kier molecular flexibility index (Phi) is 7.25. The molecule has 7 heteroatoms. The molecule has 1 aromatic carbocycles. The van der Waals surface area contributed by atoms with Crippen molar-refractivity contribution in [3.05, 3.63) is 29.8 Å². The van der Waals surface area contributed by atoms with Gasteiger partial charge in [0.25, 0.3) is 11.8 Å². The average molecular weight is 348 g/mol. The Labute approximate surface area is 147 Å². The lowest BCUT2D eigenvalue weighted by Crippen LogP contribution is -2.37. The third-order valence-electron chi connectivity index (χ3n) is 4.06. The zero-order chi connectivity index (χ0) is 18.1. The van der Waals surface area contributed by atoms with Gasteiger partial charge in [0.1, 0.15) is 12.3 Å². The number of benzene rings is 1. The Morgan fingerprint density at radius 1 is 1.04 bits per heavy atom. The van der Waals surface area contributed by atoms with Gasteiger partial charge >= 0.3 is 5.97 Å². The van der Waals surface area contributed by atoms with Gasteiger partial charge < -0.3 is 19.7 Å². The summed E-state index contributed by atoms with van der Waals surface area (Å²) in [7, 11) is 1.54. The van der Waals surface area contributed by atoms with Crippen LogP contribution >= 0.6 is 0 Å². The molecule has 25 heavy (non-hydrogen) atoms. The number of amides is 2. The van der Waals surface area contributed by atoms with E-state index in [2.05, 4.69) is 5.32 Å². The predicted octanol–water partition coefficient (Wildman–Crippen LogP) is 1.37. The number of methoxy groups -OCH3 is 1. The largest absolute Gasteiger partial charge is 0.497 e. The molecule has 0 aliphatic carbocycles. The van der Waals surface area contributed by atoms with Crippen molar-refractivity contribution in [3.8, 4) is 5.75 Å². The molecule has 0 unspecified atom stereocenters. The first kappa shape index (κ1) is 18.8. The number of esters is 1. The highest BCUT2D eigenvalue weighted by Gasteiger charge is 2.17. The molecular formula is C18H24N2O5. The van der Waals surface area contributed by atoms with E-state index >= 15 is 0 Å². The van der Waals surface area contributed by atoms with Crippen molar-refractivity contribution < 1.29 is 23.9 Å². The summed E-state index contributed by atoms with van der Waals surface area (Å²) in [5.74, 6) is -0.566. The van der Waals surface area contributed by atoms with Crippen molar-refractivity contribution >= 4 is 17.8 Å². The van der Waals surface area contributed by atoms with Gasteiger partial charge in [0.05, 0.1) is 7.11 Å². The third-order valence-corrected chi connectivity index (χ3v) is 4.06. The Morgan fingerprint density at radius 3 is 2.28 bits per heavy atom. The predicted molar refractivity (Wildman–Crippen MR) is 91.3 cm³/mol. The van der Waals surface area contributed by atoms with Gasteiger partial charge in [-0.1, -0.05) is 12.8 Å². The minimum Gasteiger partial charge on any atom is -0.497 e. The standard InChI is InChI=1S/C18H24N2O5/c1-24-15-8-6-14(7-9-15)18(23)19-12-17(22)25-13-16(21)20-10-4-2-3-5-11-20/h6-9H,2-5,10-13H2,1H3,(H,19,23). The lowest BCUT2D eigenvalue weighted by molar-refractivity contribution is -0.151. The van der Waals surface area contributed by atoms with Crippen LogP contribution in [0.15, 0.2) is 24.3 Å². The molecule has 1 fully saturated rings. The van der Waals surface area contributed by atoms with Crippen LogP contribution in [0.5, 0.6) is 5.75 Å². The quantitative estimate of drug-likeness (QED) is 0.785. The summed E-state index contributed by atoms with van der Waals surface area (Å²) in [6.07, 6.45) is 4.22. The summed E-state index contributed by atoms with van der Waals surface area (Å²) in [5, 5.41) is 2.47. The maximum Gasteiger partial charge on any atom is 0.325 e. The van der Waals surface area contributed by atoms with Gasteiger partial charge in [0, 0.05) is 18.7 Å². The van der Waals surface area contributed by atoms with Crippen LogP contribution in [0, 0.1) is 0 Å². The minimum absolute atomic E-state index is 0.184. The summed E-state index contributed by atoms with van der Waals surface area (Å²) >= 11 is 0. The molecule has 1 N–H and O–H groups in total. The second-order valence-corrected chi connectivity index (χ2v) is 5.87. The molecule has 136 valence electrons. The fraction of sp³-hybridized carbons (Fsp3) is 0.500. The van der Waals surface area contributed by atoms with Crippen molar-refractivity contribution in [2.45, 2.75) is 25.7 Å². The van der Waals surface area contributed by atoms with E-state index in [-0.39, 0.29) is 19.1 Å².